The van der Waals surface area contributed by atoms with Crippen molar-refractivity contribution >= 4 is 27.7 Å². The molecular formula is C23H24F4N4O6S. The van der Waals surface area contributed by atoms with E-state index in [1.807, 2.05) is 4.90 Å². The van der Waals surface area contributed by atoms with Crippen LogP contribution < -0.4 is 5.48 Å². The van der Waals surface area contributed by atoms with Crippen LogP contribution in [0.15, 0.2) is 12.3 Å². The number of hydrogen-bond acceptors (Lipinski definition) is 7. The van der Waals surface area contributed by atoms with Gasteiger partial charge in [0, 0.05) is 49.8 Å². The van der Waals surface area contributed by atoms with Crippen molar-refractivity contribution < 1.29 is 45.2 Å². The van der Waals surface area contributed by atoms with Gasteiger partial charge in [0.2, 0.25) is 0 Å². The van der Waals surface area contributed by atoms with Gasteiger partial charge in [0.15, 0.2) is 20.3 Å². The Balaban J connectivity index is 1.64. The number of halogens is 4. The normalized spacial score (nSPS) is 21.0. The number of amides is 2. The van der Waals surface area contributed by atoms with E-state index >= 15 is 0 Å². The molecule has 2 aliphatic heterocycles. The summed E-state index contributed by atoms with van der Waals surface area (Å²) in [5.74, 6) is 6.10. The third-order valence-corrected chi connectivity index (χ3v) is 8.35. The molecule has 0 radical (unpaired) electrons. The summed E-state index contributed by atoms with van der Waals surface area (Å²) in [4.78, 5) is 42.7. The monoisotopic (exact) mass is 560 g/mol. The Kier molecular flexibility index (Phi) is 7.86. The number of fused-ring (bicyclic) bond motifs is 1. The minimum absolute atomic E-state index is 0.0383. The first kappa shape index (κ1) is 29.0. The lowest BCUT2D eigenvalue weighted by atomic mass is 10.1. The molecule has 38 heavy (non-hydrogen) atoms. The summed E-state index contributed by atoms with van der Waals surface area (Å²) in [5, 5.41) is 0. The van der Waals surface area contributed by atoms with Crippen LogP contribution in [0.2, 0.25) is 0 Å². The standard InChI is InChI=1S/C23H24F4N4O6S/c1-21(38(3,35)36,18(32)28-37-19(33)23(25,26)27)8-11-30-14-17-12-16(13-31(17)20(30)34)6-4-5-7-22(24)9-10-29(2)15-22/h12-13H,8-11,14-15H2,1-3H3,(H,28,32)/t21-,22+/m1/s1. The molecule has 15 heteroatoms. The second-order valence-corrected chi connectivity index (χ2v) is 11.8. The lowest BCUT2D eigenvalue weighted by molar-refractivity contribution is -0.207. The molecule has 0 unspecified atom stereocenters. The number of carbonyl (C=O) groups is 3. The fourth-order valence-electron chi connectivity index (χ4n) is 3.84. The third kappa shape index (κ3) is 6.28. The van der Waals surface area contributed by atoms with Gasteiger partial charge in [-0.25, -0.2) is 22.4 Å². The van der Waals surface area contributed by atoms with Crippen LogP contribution in [0, 0.1) is 23.7 Å². The number of hydrogen-bond donors (Lipinski definition) is 1. The van der Waals surface area contributed by atoms with E-state index in [-0.39, 0.29) is 19.6 Å². The lowest BCUT2D eigenvalue weighted by Crippen LogP contribution is -2.52. The van der Waals surface area contributed by atoms with E-state index in [4.69, 9.17) is 0 Å². The molecule has 1 fully saturated rings. The fraction of sp³-hybridized carbons (Fsp3) is 0.522. The maximum Gasteiger partial charge on any atom is 0.493 e. The van der Waals surface area contributed by atoms with E-state index < -0.39 is 50.8 Å². The van der Waals surface area contributed by atoms with Crippen molar-refractivity contribution in [2.24, 2.45) is 0 Å². The molecule has 206 valence electrons. The maximum atomic E-state index is 14.5. The van der Waals surface area contributed by atoms with Crippen LogP contribution in [-0.2, 0) is 30.8 Å². The first-order valence-electron chi connectivity index (χ1n) is 11.1. The first-order valence-corrected chi connectivity index (χ1v) is 13.0. The van der Waals surface area contributed by atoms with Crippen LogP contribution in [0.5, 0.6) is 0 Å². The average molecular weight is 561 g/mol. The Bertz CT molecular complexity index is 1380. The van der Waals surface area contributed by atoms with Gasteiger partial charge in [0.05, 0.1) is 6.54 Å². The predicted molar refractivity (Wildman–Crippen MR) is 124 cm³/mol. The summed E-state index contributed by atoms with van der Waals surface area (Å²) in [5.41, 5.74) is 0.589. The number of nitrogens with one attached hydrogen (secondary N) is 1. The molecule has 2 amide bonds. The van der Waals surface area contributed by atoms with Crippen LogP contribution in [0.4, 0.5) is 22.4 Å². The summed E-state index contributed by atoms with van der Waals surface area (Å²) in [6, 6.07) is 1.05. The Morgan fingerprint density at radius 1 is 1.26 bits per heavy atom. The highest BCUT2D eigenvalue weighted by molar-refractivity contribution is 7.92. The number of carbonyl (C=O) groups excluding carboxylic acids is 3. The van der Waals surface area contributed by atoms with E-state index in [9.17, 15) is 40.4 Å². The van der Waals surface area contributed by atoms with Crippen molar-refractivity contribution in [3.05, 3.63) is 23.5 Å². The molecular weight excluding hydrogens is 536 g/mol. The fourth-order valence-corrected chi connectivity index (χ4v) is 4.68. The maximum absolute atomic E-state index is 14.5. The van der Waals surface area contributed by atoms with E-state index in [1.54, 1.807) is 13.1 Å². The predicted octanol–water partition coefficient (Wildman–Crippen LogP) is 1.00. The first-order chi connectivity index (χ1) is 17.4. The molecule has 0 bridgehead atoms. The molecule has 2 atom stereocenters. The van der Waals surface area contributed by atoms with E-state index in [0.717, 1.165) is 6.92 Å². The van der Waals surface area contributed by atoms with Crippen molar-refractivity contribution in [1.82, 2.24) is 19.8 Å². The number of likely N-dealkylation sites (tertiary alicyclic amines) is 1. The number of rotatable bonds is 5. The lowest BCUT2D eigenvalue weighted by Gasteiger charge is -2.28. The molecule has 1 aromatic heterocycles. The highest BCUT2D eigenvalue weighted by Crippen LogP contribution is 2.26. The number of sulfone groups is 1. The van der Waals surface area contributed by atoms with Gasteiger partial charge in [0.1, 0.15) is 0 Å². The molecule has 1 saturated heterocycles. The van der Waals surface area contributed by atoms with E-state index in [0.29, 0.717) is 30.5 Å². The van der Waals surface area contributed by atoms with Crippen molar-refractivity contribution in [2.45, 2.75) is 42.9 Å². The molecule has 3 rings (SSSR count). The summed E-state index contributed by atoms with van der Waals surface area (Å²) >= 11 is 0. The molecule has 1 aromatic rings. The number of aromatic nitrogens is 1. The number of nitrogens with zero attached hydrogens (tertiary/aromatic N) is 3. The van der Waals surface area contributed by atoms with Crippen LogP contribution in [0.1, 0.15) is 31.0 Å². The van der Waals surface area contributed by atoms with E-state index in [2.05, 4.69) is 28.5 Å². The number of hydroxylamine groups is 1. The number of alkyl halides is 4. The molecule has 2 aliphatic rings. The van der Waals surface area contributed by atoms with Gasteiger partial charge < -0.3 is 14.6 Å². The SMILES string of the molecule is CN1CC[C@@](F)(C#CC#Cc2cc3n(c2)C(=O)N(CC[C@](C)(C(=O)NOC(=O)C(F)(F)F)S(C)(=O)=O)C3)C1. The van der Waals surface area contributed by atoms with Gasteiger partial charge in [0.25, 0.3) is 5.91 Å². The average Bonchev–Trinajstić information content (AvgIpc) is 3.45. The van der Waals surface area contributed by atoms with Gasteiger partial charge in [-0.15, -0.1) is 0 Å². The Hall–Kier alpha value is -3.56. The largest absolute Gasteiger partial charge is 0.493 e. The zero-order chi connectivity index (χ0) is 28.5. The Labute approximate surface area is 216 Å². The van der Waals surface area contributed by atoms with Gasteiger partial charge in [-0.2, -0.15) is 18.7 Å². The smallest absolute Gasteiger partial charge is 0.332 e. The summed E-state index contributed by atoms with van der Waals surface area (Å²) in [6.07, 6.45) is -3.48. The van der Waals surface area contributed by atoms with Crippen LogP contribution in [0.3, 0.4) is 0 Å². The Morgan fingerprint density at radius 3 is 2.50 bits per heavy atom. The molecule has 1 N–H and O–H groups in total. The Morgan fingerprint density at radius 2 is 1.95 bits per heavy atom. The zero-order valence-corrected chi connectivity index (χ0v) is 21.4. The minimum atomic E-state index is -5.40. The van der Waals surface area contributed by atoms with Crippen molar-refractivity contribution in [2.75, 3.05) is 32.9 Å². The van der Waals surface area contributed by atoms with Gasteiger partial charge in [-0.05, 0) is 44.2 Å². The summed E-state index contributed by atoms with van der Waals surface area (Å²) in [6.45, 7) is 1.52. The molecule has 0 aliphatic carbocycles. The zero-order valence-electron chi connectivity index (χ0n) is 20.6. The second-order valence-electron chi connectivity index (χ2n) is 9.32. The van der Waals surface area contributed by atoms with E-state index in [1.165, 1.54) is 21.1 Å². The van der Waals surface area contributed by atoms with Gasteiger partial charge in [-0.1, -0.05) is 5.92 Å². The van der Waals surface area contributed by atoms with Crippen molar-refractivity contribution in [1.29, 1.82) is 0 Å². The minimum Gasteiger partial charge on any atom is -0.332 e. The summed E-state index contributed by atoms with van der Waals surface area (Å²) < 4.78 is 74.9. The van der Waals surface area contributed by atoms with Crippen molar-refractivity contribution in [3.8, 4) is 23.7 Å². The second kappa shape index (κ2) is 10.3. The molecule has 0 saturated carbocycles. The van der Waals surface area contributed by atoms with Crippen molar-refractivity contribution in [3.63, 3.8) is 0 Å². The highest BCUT2D eigenvalue weighted by Gasteiger charge is 2.47. The molecule has 0 aromatic carbocycles. The topological polar surface area (TPSA) is 118 Å². The summed E-state index contributed by atoms with van der Waals surface area (Å²) in [7, 11) is -2.44. The quantitative estimate of drug-likeness (QED) is 0.324. The third-order valence-electron chi connectivity index (χ3n) is 6.32. The van der Waals surface area contributed by atoms with Crippen LogP contribution >= 0.6 is 0 Å². The van der Waals surface area contributed by atoms with Gasteiger partial charge >= 0.3 is 18.2 Å². The molecule has 10 nitrogen and oxygen atoms in total. The van der Waals surface area contributed by atoms with Crippen LogP contribution in [0.25, 0.3) is 0 Å². The highest BCUT2D eigenvalue weighted by atomic mass is 32.2. The molecule has 3 heterocycles. The van der Waals surface area contributed by atoms with Crippen LogP contribution in [-0.4, -0.2) is 90.2 Å². The molecule has 0 spiro atoms. The van der Waals surface area contributed by atoms with Gasteiger partial charge in [-0.3, -0.25) is 9.36 Å².